The average molecular weight is 293 g/mol. The summed E-state index contributed by atoms with van der Waals surface area (Å²) in [5.41, 5.74) is 1.61. The van der Waals surface area contributed by atoms with Crippen LogP contribution >= 0.6 is 0 Å². The Hall–Kier alpha value is -2.04. The molecule has 0 saturated carbocycles. The third-order valence-corrected chi connectivity index (χ3v) is 2.93. The molecule has 0 aliphatic carbocycles. The van der Waals surface area contributed by atoms with Crippen molar-refractivity contribution in [3.05, 3.63) is 35.4 Å². The summed E-state index contributed by atoms with van der Waals surface area (Å²) in [6.45, 7) is 5.52. The summed E-state index contributed by atoms with van der Waals surface area (Å²) in [7, 11) is 3.24. The van der Waals surface area contributed by atoms with Gasteiger partial charge in [-0.15, -0.1) is 0 Å². The number of benzene rings is 1. The maximum absolute atomic E-state index is 11.9. The predicted octanol–water partition coefficient (Wildman–Crippen LogP) is 3.02. The first kappa shape index (κ1) is 17.0. The SMILES string of the molecule is Cc1ccc(C(=O)OC(C)CC(C)OC(=O)N(C)C)cc1. The van der Waals surface area contributed by atoms with E-state index in [0.717, 1.165) is 5.56 Å². The van der Waals surface area contributed by atoms with Crippen LogP contribution in [-0.2, 0) is 9.47 Å². The lowest BCUT2D eigenvalue weighted by atomic mass is 10.1. The maximum atomic E-state index is 11.9. The number of esters is 1. The summed E-state index contributed by atoms with van der Waals surface area (Å²) >= 11 is 0. The van der Waals surface area contributed by atoms with Gasteiger partial charge in [-0.3, -0.25) is 0 Å². The van der Waals surface area contributed by atoms with Crippen LogP contribution in [0, 0.1) is 6.92 Å². The number of aryl methyl sites for hydroxylation is 1. The second-order valence-electron chi connectivity index (χ2n) is 5.41. The minimum atomic E-state index is -0.403. The number of rotatable bonds is 5. The molecule has 0 radical (unpaired) electrons. The van der Waals surface area contributed by atoms with Gasteiger partial charge in [0.15, 0.2) is 0 Å². The summed E-state index contributed by atoms with van der Waals surface area (Å²) in [6, 6.07) is 7.20. The van der Waals surface area contributed by atoms with Crippen molar-refractivity contribution < 1.29 is 19.1 Å². The quantitative estimate of drug-likeness (QED) is 0.783. The Bertz CT molecular complexity index is 482. The summed E-state index contributed by atoms with van der Waals surface area (Å²) in [4.78, 5) is 24.7. The fraction of sp³-hybridized carbons (Fsp3) is 0.500. The van der Waals surface area contributed by atoms with Crippen LogP contribution in [0.25, 0.3) is 0 Å². The topological polar surface area (TPSA) is 55.8 Å². The number of hydrogen-bond donors (Lipinski definition) is 0. The zero-order valence-electron chi connectivity index (χ0n) is 13.3. The van der Waals surface area contributed by atoms with Gasteiger partial charge in [-0.25, -0.2) is 9.59 Å². The van der Waals surface area contributed by atoms with Crippen LogP contribution in [0.15, 0.2) is 24.3 Å². The normalized spacial score (nSPS) is 13.2. The Morgan fingerprint density at radius 1 is 1.05 bits per heavy atom. The number of amides is 1. The number of hydrogen-bond acceptors (Lipinski definition) is 4. The lowest BCUT2D eigenvalue weighted by Crippen LogP contribution is -2.29. The molecule has 5 heteroatoms. The molecule has 0 bridgehead atoms. The number of nitrogens with zero attached hydrogens (tertiary/aromatic N) is 1. The zero-order valence-corrected chi connectivity index (χ0v) is 13.3. The van der Waals surface area contributed by atoms with Gasteiger partial charge < -0.3 is 14.4 Å². The van der Waals surface area contributed by atoms with Crippen molar-refractivity contribution in [2.24, 2.45) is 0 Å². The molecule has 2 atom stereocenters. The smallest absolute Gasteiger partial charge is 0.409 e. The van der Waals surface area contributed by atoms with Crippen LogP contribution in [0.3, 0.4) is 0 Å². The highest BCUT2D eigenvalue weighted by Gasteiger charge is 2.18. The van der Waals surface area contributed by atoms with Crippen molar-refractivity contribution in [2.45, 2.75) is 39.4 Å². The molecule has 1 rings (SSSR count). The second kappa shape index (κ2) is 7.67. The van der Waals surface area contributed by atoms with Gasteiger partial charge in [-0.1, -0.05) is 17.7 Å². The monoisotopic (exact) mass is 293 g/mol. The van der Waals surface area contributed by atoms with Crippen LogP contribution in [0.1, 0.15) is 36.2 Å². The van der Waals surface area contributed by atoms with Crippen molar-refractivity contribution in [3.63, 3.8) is 0 Å². The largest absolute Gasteiger partial charge is 0.459 e. The molecular formula is C16H23NO4. The molecule has 0 fully saturated rings. The highest BCUT2D eigenvalue weighted by Crippen LogP contribution is 2.11. The third kappa shape index (κ3) is 5.85. The Balaban J connectivity index is 2.45. The molecule has 0 aliphatic heterocycles. The fourth-order valence-corrected chi connectivity index (χ4v) is 1.78. The maximum Gasteiger partial charge on any atom is 0.409 e. The first-order valence-electron chi connectivity index (χ1n) is 6.95. The molecule has 0 saturated heterocycles. The third-order valence-electron chi connectivity index (χ3n) is 2.93. The van der Waals surface area contributed by atoms with Crippen molar-refractivity contribution >= 4 is 12.1 Å². The highest BCUT2D eigenvalue weighted by atomic mass is 16.6. The molecular weight excluding hydrogens is 270 g/mol. The predicted molar refractivity (Wildman–Crippen MR) is 80.3 cm³/mol. The van der Waals surface area contributed by atoms with Gasteiger partial charge in [-0.05, 0) is 32.9 Å². The number of carbonyl (C=O) groups excluding carboxylic acids is 2. The van der Waals surface area contributed by atoms with Crippen molar-refractivity contribution in [3.8, 4) is 0 Å². The number of ether oxygens (including phenoxy) is 2. The summed E-state index contributed by atoms with van der Waals surface area (Å²) in [5.74, 6) is -0.367. The first-order chi connectivity index (χ1) is 9.79. The van der Waals surface area contributed by atoms with Crippen LogP contribution in [-0.4, -0.2) is 43.3 Å². The Morgan fingerprint density at radius 3 is 2.10 bits per heavy atom. The van der Waals surface area contributed by atoms with E-state index in [1.807, 2.05) is 19.1 Å². The molecule has 1 amide bonds. The van der Waals surface area contributed by atoms with E-state index < -0.39 is 6.09 Å². The standard InChI is InChI=1S/C16H23NO4/c1-11-6-8-14(9-7-11)15(18)20-12(2)10-13(3)21-16(19)17(4)5/h6-9,12-13H,10H2,1-5H3. The Kier molecular flexibility index (Phi) is 6.21. The Labute approximate surface area is 125 Å². The minimum Gasteiger partial charge on any atom is -0.459 e. The molecule has 21 heavy (non-hydrogen) atoms. The molecule has 0 aromatic heterocycles. The van der Waals surface area contributed by atoms with Gasteiger partial charge in [0.05, 0.1) is 5.56 Å². The molecule has 0 N–H and O–H groups in total. The van der Waals surface area contributed by atoms with E-state index in [1.54, 1.807) is 40.1 Å². The first-order valence-corrected chi connectivity index (χ1v) is 6.95. The van der Waals surface area contributed by atoms with E-state index in [0.29, 0.717) is 12.0 Å². The highest BCUT2D eigenvalue weighted by molar-refractivity contribution is 5.89. The van der Waals surface area contributed by atoms with Crippen molar-refractivity contribution in [1.29, 1.82) is 0 Å². The Morgan fingerprint density at radius 2 is 1.57 bits per heavy atom. The lowest BCUT2D eigenvalue weighted by molar-refractivity contribution is 0.0157. The summed E-state index contributed by atoms with van der Waals surface area (Å²) in [6.07, 6.45) is -0.596. The van der Waals surface area contributed by atoms with Crippen LogP contribution < -0.4 is 0 Å². The van der Waals surface area contributed by atoms with Gasteiger partial charge in [0.1, 0.15) is 12.2 Å². The van der Waals surface area contributed by atoms with E-state index in [1.165, 1.54) is 4.90 Å². The van der Waals surface area contributed by atoms with Gasteiger partial charge in [0, 0.05) is 20.5 Å². The van der Waals surface area contributed by atoms with Crippen LogP contribution in [0.2, 0.25) is 0 Å². The molecule has 0 spiro atoms. The zero-order chi connectivity index (χ0) is 16.0. The van der Waals surface area contributed by atoms with Gasteiger partial charge in [0.25, 0.3) is 0 Å². The summed E-state index contributed by atoms with van der Waals surface area (Å²) < 4.78 is 10.5. The molecule has 1 aromatic rings. The van der Waals surface area contributed by atoms with E-state index >= 15 is 0 Å². The van der Waals surface area contributed by atoms with Crippen LogP contribution in [0.5, 0.6) is 0 Å². The van der Waals surface area contributed by atoms with E-state index in [-0.39, 0.29) is 18.2 Å². The van der Waals surface area contributed by atoms with Crippen LogP contribution in [0.4, 0.5) is 4.79 Å². The fourth-order valence-electron chi connectivity index (χ4n) is 1.78. The van der Waals surface area contributed by atoms with Crippen molar-refractivity contribution in [1.82, 2.24) is 4.90 Å². The molecule has 2 unspecified atom stereocenters. The van der Waals surface area contributed by atoms with Gasteiger partial charge >= 0.3 is 12.1 Å². The molecule has 0 heterocycles. The number of carbonyl (C=O) groups is 2. The van der Waals surface area contributed by atoms with E-state index in [4.69, 9.17) is 9.47 Å². The second-order valence-corrected chi connectivity index (χ2v) is 5.41. The van der Waals surface area contributed by atoms with E-state index in [9.17, 15) is 9.59 Å². The minimum absolute atomic E-state index is 0.319. The average Bonchev–Trinajstić information content (AvgIpc) is 2.38. The van der Waals surface area contributed by atoms with Gasteiger partial charge in [-0.2, -0.15) is 0 Å². The molecule has 116 valence electrons. The molecule has 0 aliphatic rings. The molecule has 5 nitrogen and oxygen atoms in total. The summed E-state index contributed by atoms with van der Waals surface area (Å²) in [5, 5.41) is 0. The lowest BCUT2D eigenvalue weighted by Gasteiger charge is -2.20. The van der Waals surface area contributed by atoms with Gasteiger partial charge in [0.2, 0.25) is 0 Å². The van der Waals surface area contributed by atoms with E-state index in [2.05, 4.69) is 0 Å². The molecule has 1 aromatic carbocycles. The van der Waals surface area contributed by atoms with Crippen molar-refractivity contribution in [2.75, 3.05) is 14.1 Å².